The molecule has 0 spiro atoms. The molecule has 1 unspecified atom stereocenters. The van der Waals surface area contributed by atoms with Gasteiger partial charge in [-0.15, -0.1) is 11.8 Å². The van der Waals surface area contributed by atoms with E-state index in [0.29, 0.717) is 0 Å². The van der Waals surface area contributed by atoms with E-state index in [1.54, 1.807) is 11.8 Å². The maximum absolute atomic E-state index is 8.95. The number of benzene rings is 1. The minimum Gasteiger partial charge on any atom is -0.302 e. The monoisotopic (exact) mass is 268 g/mol. The number of nitrogens with zero attached hydrogens (tertiary/aromatic N) is 1. The molecule has 1 N–H and O–H groups in total. The molecule has 0 heterocycles. The Kier molecular flexibility index (Phi) is 7.11. The molecular formula is C13H17ClN2S. The van der Waals surface area contributed by atoms with Gasteiger partial charge in [-0.05, 0) is 43.7 Å². The van der Waals surface area contributed by atoms with Crippen molar-refractivity contribution in [2.45, 2.75) is 30.7 Å². The Morgan fingerprint density at radius 1 is 1.41 bits per heavy atom. The van der Waals surface area contributed by atoms with E-state index in [1.165, 1.54) is 4.90 Å². The third kappa shape index (κ3) is 5.97. The molecule has 0 aliphatic heterocycles. The Balaban J connectivity index is 2.26. The van der Waals surface area contributed by atoms with Gasteiger partial charge in [0, 0.05) is 15.7 Å². The summed E-state index contributed by atoms with van der Waals surface area (Å²) < 4.78 is 0. The van der Waals surface area contributed by atoms with Crippen LogP contribution < -0.4 is 5.32 Å². The molecule has 0 saturated heterocycles. The van der Waals surface area contributed by atoms with Gasteiger partial charge in [-0.25, -0.2) is 0 Å². The Hall–Kier alpha value is -0.690. The largest absolute Gasteiger partial charge is 0.302 e. The van der Waals surface area contributed by atoms with Crippen molar-refractivity contribution in [1.29, 1.82) is 5.26 Å². The van der Waals surface area contributed by atoms with Gasteiger partial charge in [0.2, 0.25) is 0 Å². The molecule has 0 aromatic heterocycles. The maximum atomic E-state index is 8.95. The van der Waals surface area contributed by atoms with Crippen LogP contribution in [-0.2, 0) is 0 Å². The molecule has 1 atom stereocenters. The van der Waals surface area contributed by atoms with Gasteiger partial charge in [0.05, 0.1) is 12.1 Å². The highest BCUT2D eigenvalue weighted by Crippen LogP contribution is 2.21. The maximum Gasteiger partial charge on any atom is 0.0961 e. The Bertz CT molecular complexity index is 359. The number of nitriles is 1. The van der Waals surface area contributed by atoms with E-state index in [2.05, 4.69) is 18.3 Å². The summed E-state index contributed by atoms with van der Waals surface area (Å²) >= 11 is 7.57. The summed E-state index contributed by atoms with van der Waals surface area (Å²) in [7, 11) is 0. The minimum absolute atomic E-state index is 0.0326. The first-order valence-corrected chi connectivity index (χ1v) is 7.14. The summed E-state index contributed by atoms with van der Waals surface area (Å²) in [4.78, 5) is 1.20. The Morgan fingerprint density at radius 2 is 2.12 bits per heavy atom. The highest BCUT2D eigenvalue weighted by molar-refractivity contribution is 7.99. The van der Waals surface area contributed by atoms with Crippen LogP contribution in [0.15, 0.2) is 29.2 Å². The van der Waals surface area contributed by atoms with Crippen molar-refractivity contribution in [3.63, 3.8) is 0 Å². The van der Waals surface area contributed by atoms with Crippen molar-refractivity contribution >= 4 is 23.4 Å². The van der Waals surface area contributed by atoms with Gasteiger partial charge in [-0.1, -0.05) is 18.5 Å². The van der Waals surface area contributed by atoms with Gasteiger partial charge in [-0.2, -0.15) is 5.26 Å². The summed E-state index contributed by atoms with van der Waals surface area (Å²) in [5, 5.41) is 12.9. The zero-order valence-electron chi connectivity index (χ0n) is 9.95. The van der Waals surface area contributed by atoms with Crippen LogP contribution in [0.1, 0.15) is 19.8 Å². The molecule has 0 aliphatic rings. The molecular weight excluding hydrogens is 252 g/mol. The lowest BCUT2D eigenvalue weighted by Crippen LogP contribution is -2.28. The predicted molar refractivity (Wildman–Crippen MR) is 74.5 cm³/mol. The molecule has 0 fully saturated rings. The van der Waals surface area contributed by atoms with Gasteiger partial charge in [0.15, 0.2) is 0 Å². The lowest BCUT2D eigenvalue weighted by Gasteiger charge is -2.10. The fourth-order valence-corrected chi connectivity index (χ4v) is 2.40. The summed E-state index contributed by atoms with van der Waals surface area (Å²) in [6.07, 6.45) is 1.92. The molecule has 0 bridgehead atoms. The first kappa shape index (κ1) is 14.4. The third-order valence-electron chi connectivity index (χ3n) is 2.29. The number of hydrogen-bond acceptors (Lipinski definition) is 3. The van der Waals surface area contributed by atoms with Crippen LogP contribution in [0.3, 0.4) is 0 Å². The quantitative estimate of drug-likeness (QED) is 0.766. The number of halogens is 1. The van der Waals surface area contributed by atoms with E-state index in [4.69, 9.17) is 16.9 Å². The lowest BCUT2D eigenvalue weighted by molar-refractivity contribution is 0.585. The molecule has 0 saturated carbocycles. The van der Waals surface area contributed by atoms with Gasteiger partial charge in [-0.3, -0.25) is 0 Å². The molecule has 4 heteroatoms. The first-order valence-electron chi connectivity index (χ1n) is 5.77. The number of hydrogen-bond donors (Lipinski definition) is 1. The zero-order chi connectivity index (χ0) is 12.5. The number of nitrogens with one attached hydrogen (secondary N) is 1. The molecule has 0 radical (unpaired) electrons. The molecule has 92 valence electrons. The fourth-order valence-electron chi connectivity index (χ4n) is 1.36. The molecule has 0 amide bonds. The lowest BCUT2D eigenvalue weighted by atomic mass is 10.2. The van der Waals surface area contributed by atoms with Gasteiger partial charge in [0.1, 0.15) is 0 Å². The zero-order valence-corrected chi connectivity index (χ0v) is 11.5. The van der Waals surface area contributed by atoms with Gasteiger partial charge < -0.3 is 5.32 Å². The second kappa shape index (κ2) is 8.41. The first-order chi connectivity index (χ1) is 8.26. The summed E-state index contributed by atoms with van der Waals surface area (Å²) in [5.74, 6) is 0.941. The van der Waals surface area contributed by atoms with Crippen LogP contribution >= 0.6 is 23.4 Å². The van der Waals surface area contributed by atoms with E-state index in [0.717, 1.165) is 30.2 Å². The molecule has 0 aliphatic carbocycles. The van der Waals surface area contributed by atoms with Crippen LogP contribution in [0.4, 0.5) is 0 Å². The second-order valence-corrected chi connectivity index (χ2v) is 5.33. The van der Waals surface area contributed by atoms with Crippen molar-refractivity contribution in [2.75, 3.05) is 12.3 Å². The standard InChI is InChI=1S/C13H17ClN2S/c1-2-8-16-12(10-15)7-9-17-13-5-3-11(14)4-6-13/h3-6,12,16H,2,7-9H2,1H3. The summed E-state index contributed by atoms with van der Waals surface area (Å²) in [6.45, 7) is 3.01. The average Bonchev–Trinajstić information content (AvgIpc) is 2.36. The van der Waals surface area contributed by atoms with Gasteiger partial charge in [0.25, 0.3) is 0 Å². The van der Waals surface area contributed by atoms with Crippen LogP contribution in [-0.4, -0.2) is 18.3 Å². The normalized spacial score (nSPS) is 12.1. The van der Waals surface area contributed by atoms with E-state index in [-0.39, 0.29) is 6.04 Å². The smallest absolute Gasteiger partial charge is 0.0961 e. The van der Waals surface area contributed by atoms with Crippen molar-refractivity contribution < 1.29 is 0 Å². The molecule has 2 nitrogen and oxygen atoms in total. The molecule has 17 heavy (non-hydrogen) atoms. The SMILES string of the molecule is CCCNC(C#N)CCSc1ccc(Cl)cc1. The summed E-state index contributed by atoms with van der Waals surface area (Å²) in [5.41, 5.74) is 0. The van der Waals surface area contributed by atoms with Gasteiger partial charge >= 0.3 is 0 Å². The van der Waals surface area contributed by atoms with E-state index < -0.39 is 0 Å². The molecule has 1 aromatic rings. The summed E-state index contributed by atoms with van der Waals surface area (Å²) in [6, 6.07) is 10.0. The minimum atomic E-state index is -0.0326. The highest BCUT2D eigenvalue weighted by Gasteiger charge is 2.05. The van der Waals surface area contributed by atoms with E-state index in [9.17, 15) is 0 Å². The Morgan fingerprint density at radius 3 is 2.71 bits per heavy atom. The molecule has 1 aromatic carbocycles. The van der Waals surface area contributed by atoms with Crippen LogP contribution in [0.5, 0.6) is 0 Å². The van der Waals surface area contributed by atoms with E-state index >= 15 is 0 Å². The van der Waals surface area contributed by atoms with Crippen molar-refractivity contribution in [3.8, 4) is 6.07 Å². The van der Waals surface area contributed by atoms with Crippen molar-refractivity contribution in [2.24, 2.45) is 0 Å². The van der Waals surface area contributed by atoms with Crippen LogP contribution in [0.25, 0.3) is 0 Å². The van der Waals surface area contributed by atoms with Crippen molar-refractivity contribution in [3.05, 3.63) is 29.3 Å². The predicted octanol–water partition coefficient (Wildman–Crippen LogP) is 3.71. The third-order valence-corrected chi connectivity index (χ3v) is 3.58. The second-order valence-electron chi connectivity index (χ2n) is 3.73. The van der Waals surface area contributed by atoms with Crippen molar-refractivity contribution in [1.82, 2.24) is 5.32 Å². The van der Waals surface area contributed by atoms with Crippen LogP contribution in [0, 0.1) is 11.3 Å². The number of rotatable bonds is 7. The van der Waals surface area contributed by atoms with Crippen LogP contribution in [0.2, 0.25) is 5.02 Å². The Labute approximate surface area is 112 Å². The average molecular weight is 269 g/mol. The molecule has 1 rings (SSSR count). The van der Waals surface area contributed by atoms with E-state index in [1.807, 2.05) is 24.3 Å². The fraction of sp³-hybridized carbons (Fsp3) is 0.462. The topological polar surface area (TPSA) is 35.8 Å². The highest BCUT2D eigenvalue weighted by atomic mass is 35.5. The number of thioether (sulfide) groups is 1.